The highest BCUT2D eigenvalue weighted by molar-refractivity contribution is 7.90. The topological polar surface area (TPSA) is 241 Å². The molecule has 4 unspecified atom stereocenters. The number of nitrogens with two attached hydrogens (primary N) is 4. The molecule has 8 N–H and O–H groups in total. The quantitative estimate of drug-likeness (QED) is 0.0702. The highest BCUT2D eigenvalue weighted by atomic mass is 32.2. The van der Waals surface area contributed by atoms with E-state index in [1.807, 2.05) is 83.1 Å². The smallest absolute Gasteiger partial charge is 0.212 e. The molecule has 0 bridgehead atoms. The minimum atomic E-state index is -3.43. The van der Waals surface area contributed by atoms with Gasteiger partial charge in [0, 0.05) is 0 Å². The molecule has 0 aromatic rings. The number of hydrogen-bond acceptors (Lipinski definition) is 8. The van der Waals surface area contributed by atoms with E-state index in [9.17, 15) is 33.7 Å². The van der Waals surface area contributed by atoms with E-state index in [1.165, 1.54) is 0 Å². The normalized spacial score (nSPS) is 16.6. The van der Waals surface area contributed by atoms with E-state index in [0.29, 0.717) is 75.0 Å². The molecule has 0 saturated heterocycles. The standard InChI is InChI=1S/4C10H21NO2S/c4*1-5-6-9(4)10(7-8(2)3)14(11,12)13/h4*5,8-10H,1,6-7H2,2-4H3,(H2,11,12,13)/t4*9-,10?/m1100/s1. The third-order valence-electron chi connectivity index (χ3n) is 9.20. The number of primary sulfonamides is 4. The first kappa shape index (κ1) is 61.3. The molecule has 0 saturated carbocycles. The zero-order valence-electron chi connectivity index (χ0n) is 36.9. The summed E-state index contributed by atoms with van der Waals surface area (Å²) >= 11 is 0. The van der Waals surface area contributed by atoms with Crippen molar-refractivity contribution < 1.29 is 33.7 Å². The fourth-order valence-electron chi connectivity index (χ4n) is 6.28. The van der Waals surface area contributed by atoms with Crippen molar-refractivity contribution in [1.29, 1.82) is 0 Å². The number of hydrogen-bond donors (Lipinski definition) is 4. The second kappa shape index (κ2) is 29.8. The molecular weight excluding hydrogens is 793 g/mol. The maximum absolute atomic E-state index is 11.3. The number of allylic oxidation sites excluding steroid dienone is 4. The van der Waals surface area contributed by atoms with Crippen molar-refractivity contribution >= 4 is 40.1 Å². The van der Waals surface area contributed by atoms with Crippen molar-refractivity contribution in [3.05, 3.63) is 50.6 Å². The van der Waals surface area contributed by atoms with E-state index >= 15 is 0 Å². The predicted molar refractivity (Wildman–Crippen MR) is 241 cm³/mol. The lowest BCUT2D eigenvalue weighted by Crippen LogP contribution is -2.35. The second-order valence-corrected chi connectivity index (χ2v) is 24.2. The zero-order valence-corrected chi connectivity index (χ0v) is 40.2. The van der Waals surface area contributed by atoms with Crippen LogP contribution in [-0.4, -0.2) is 54.7 Å². The van der Waals surface area contributed by atoms with Gasteiger partial charge < -0.3 is 0 Å². The van der Waals surface area contributed by atoms with E-state index in [2.05, 4.69) is 26.3 Å². The average molecular weight is 877 g/mol. The Balaban J connectivity index is -0.000000322. The van der Waals surface area contributed by atoms with E-state index < -0.39 is 61.1 Å². The van der Waals surface area contributed by atoms with Crippen molar-refractivity contribution in [3.8, 4) is 0 Å². The molecule has 0 aliphatic rings. The van der Waals surface area contributed by atoms with Crippen LogP contribution in [0.4, 0.5) is 0 Å². The molecule has 0 fully saturated rings. The Kier molecular flexibility index (Phi) is 32.6. The van der Waals surface area contributed by atoms with E-state index in [1.54, 1.807) is 24.3 Å². The molecule has 0 radical (unpaired) electrons. The van der Waals surface area contributed by atoms with Crippen molar-refractivity contribution in [1.82, 2.24) is 0 Å². The van der Waals surface area contributed by atoms with Crippen LogP contribution < -0.4 is 20.6 Å². The highest BCUT2D eigenvalue weighted by Gasteiger charge is 2.30. The molecule has 0 aromatic carbocycles. The van der Waals surface area contributed by atoms with Gasteiger partial charge in [-0.25, -0.2) is 54.2 Å². The van der Waals surface area contributed by atoms with Crippen molar-refractivity contribution in [2.45, 2.75) is 155 Å². The SMILES string of the molecule is C=CC[C@@H](C)C(CC(C)C)S(N)(=O)=O.C=CC[C@@H](C)C(CC(C)C)S(N)(=O)=O.C=CC[C@H](C)C(CC(C)C)S(N)(=O)=O.C=CC[C@H](C)C(CC(C)C)S(N)(=O)=O. The minimum absolute atomic E-state index is 0.0462. The average Bonchev–Trinajstić information content (AvgIpc) is 2.99. The van der Waals surface area contributed by atoms with Crippen LogP contribution in [0.15, 0.2) is 50.6 Å². The lowest BCUT2D eigenvalue weighted by atomic mass is 9.96. The molecule has 12 nitrogen and oxygen atoms in total. The highest BCUT2D eigenvalue weighted by Crippen LogP contribution is 2.24. The second-order valence-electron chi connectivity index (χ2n) is 17.0. The van der Waals surface area contributed by atoms with Crippen molar-refractivity contribution in [2.24, 2.45) is 67.9 Å². The Morgan fingerprint density at radius 2 is 0.464 bits per heavy atom. The summed E-state index contributed by atoms with van der Waals surface area (Å²) in [5.74, 6) is 1.54. The van der Waals surface area contributed by atoms with E-state index in [-0.39, 0.29) is 23.7 Å². The molecule has 0 heterocycles. The van der Waals surface area contributed by atoms with Gasteiger partial charge in [-0.2, -0.15) is 0 Å². The van der Waals surface area contributed by atoms with Crippen LogP contribution in [0.5, 0.6) is 0 Å². The van der Waals surface area contributed by atoms with Gasteiger partial charge in [0.25, 0.3) is 0 Å². The van der Waals surface area contributed by atoms with Gasteiger partial charge in [-0.05, 0) is 98.7 Å². The minimum Gasteiger partial charge on any atom is -0.228 e. The van der Waals surface area contributed by atoms with Crippen LogP contribution >= 0.6 is 0 Å². The summed E-state index contributed by atoms with van der Waals surface area (Å²) in [6.07, 6.45) is 12.2. The molecule has 0 rings (SSSR count). The summed E-state index contributed by atoms with van der Waals surface area (Å²) in [5.41, 5.74) is 0. The van der Waals surface area contributed by atoms with E-state index in [0.717, 1.165) is 0 Å². The van der Waals surface area contributed by atoms with Crippen LogP contribution in [0.25, 0.3) is 0 Å². The van der Waals surface area contributed by atoms with Gasteiger partial charge in [0.2, 0.25) is 40.1 Å². The number of sulfonamides is 4. The van der Waals surface area contributed by atoms with Crippen molar-refractivity contribution in [3.63, 3.8) is 0 Å². The molecule has 8 atom stereocenters. The Morgan fingerprint density at radius 1 is 0.339 bits per heavy atom. The molecule has 0 spiro atoms. The van der Waals surface area contributed by atoms with Gasteiger partial charge in [-0.15, -0.1) is 26.3 Å². The van der Waals surface area contributed by atoms with Crippen LogP contribution in [-0.2, 0) is 40.1 Å². The molecule has 0 aliphatic carbocycles. The molecule has 0 aliphatic heterocycles. The first-order valence-electron chi connectivity index (χ1n) is 19.6. The molecule has 0 amide bonds. The summed E-state index contributed by atoms with van der Waals surface area (Å²) in [6.45, 7) is 38.0. The Labute approximate surface area is 346 Å². The van der Waals surface area contributed by atoms with Crippen molar-refractivity contribution in [2.75, 3.05) is 0 Å². The van der Waals surface area contributed by atoms with Gasteiger partial charge in [-0.3, -0.25) is 0 Å². The fourth-order valence-corrected chi connectivity index (χ4v) is 11.9. The lowest BCUT2D eigenvalue weighted by molar-refractivity contribution is 0.441. The summed E-state index contributed by atoms with van der Waals surface area (Å²) in [4.78, 5) is 0. The predicted octanol–water partition coefficient (Wildman–Crippen LogP) is 7.61. The summed E-state index contributed by atoms with van der Waals surface area (Å²) in [6, 6.07) is 0. The third kappa shape index (κ3) is 31.6. The monoisotopic (exact) mass is 877 g/mol. The zero-order chi connectivity index (χ0) is 45.4. The lowest BCUT2D eigenvalue weighted by Gasteiger charge is -2.22. The van der Waals surface area contributed by atoms with Gasteiger partial charge in [-0.1, -0.05) is 107 Å². The first-order chi connectivity index (χ1) is 25.1. The third-order valence-corrected chi connectivity index (χ3v) is 15.2. The van der Waals surface area contributed by atoms with Gasteiger partial charge >= 0.3 is 0 Å². The summed E-state index contributed by atoms with van der Waals surface area (Å²) in [7, 11) is -13.7. The van der Waals surface area contributed by atoms with Crippen LogP contribution in [0.3, 0.4) is 0 Å². The molecule has 56 heavy (non-hydrogen) atoms. The van der Waals surface area contributed by atoms with Gasteiger partial charge in [0.1, 0.15) is 0 Å². The Bertz CT molecular complexity index is 1310. The maximum atomic E-state index is 11.3. The Hall–Kier alpha value is -1.40. The van der Waals surface area contributed by atoms with Gasteiger partial charge in [0.05, 0.1) is 21.0 Å². The fraction of sp³-hybridized carbons (Fsp3) is 0.800. The van der Waals surface area contributed by atoms with Crippen LogP contribution in [0.1, 0.15) is 134 Å². The van der Waals surface area contributed by atoms with E-state index in [4.69, 9.17) is 20.6 Å². The number of rotatable bonds is 24. The van der Waals surface area contributed by atoms with Gasteiger partial charge in [0.15, 0.2) is 0 Å². The van der Waals surface area contributed by atoms with Crippen LogP contribution in [0.2, 0.25) is 0 Å². The Morgan fingerprint density at radius 3 is 0.536 bits per heavy atom. The first-order valence-corrected chi connectivity index (χ1v) is 26.1. The summed E-state index contributed by atoms with van der Waals surface area (Å²) in [5, 5.41) is 19.0. The largest absolute Gasteiger partial charge is 0.228 e. The molecule has 16 heteroatoms. The molecule has 336 valence electrons. The van der Waals surface area contributed by atoms with Crippen LogP contribution in [0, 0.1) is 47.3 Å². The maximum Gasteiger partial charge on any atom is 0.212 e. The summed E-state index contributed by atoms with van der Waals surface area (Å²) < 4.78 is 90.6. The molecule has 0 aromatic heterocycles. The molecular formula is C40H84N4O8S4.